The molecule has 0 atom stereocenters. The molecular formula is C9H20N2O. The van der Waals surface area contributed by atoms with Crippen LogP contribution in [0.3, 0.4) is 0 Å². The molecule has 0 aliphatic heterocycles. The Morgan fingerprint density at radius 1 is 1.50 bits per heavy atom. The van der Waals surface area contributed by atoms with Crippen molar-refractivity contribution in [3.8, 4) is 0 Å². The number of rotatable bonds is 2. The van der Waals surface area contributed by atoms with E-state index in [4.69, 9.17) is 5.73 Å². The minimum absolute atomic E-state index is 0.0865. The molecule has 1 amide bonds. The van der Waals surface area contributed by atoms with E-state index in [1.165, 1.54) is 6.92 Å². The number of nitrogens with two attached hydrogens (primary N) is 1. The highest BCUT2D eigenvalue weighted by Crippen LogP contribution is 1.81. The summed E-state index contributed by atoms with van der Waals surface area (Å²) in [6.07, 6.45) is 0. The van der Waals surface area contributed by atoms with Gasteiger partial charge in [-0.05, 0) is 5.92 Å². The quantitative estimate of drug-likeness (QED) is 0.658. The second-order valence-electron chi connectivity index (χ2n) is 3.30. The summed E-state index contributed by atoms with van der Waals surface area (Å²) in [6, 6.07) is 0. The molecule has 0 unspecified atom stereocenters. The maximum absolute atomic E-state index is 10.1. The number of amides is 1. The first-order chi connectivity index (χ1) is 5.36. The molecule has 0 radical (unpaired) electrons. The van der Waals surface area contributed by atoms with Gasteiger partial charge in [0.15, 0.2) is 0 Å². The molecule has 12 heavy (non-hydrogen) atoms. The first-order valence-electron chi connectivity index (χ1n) is 4.04. The second-order valence-corrected chi connectivity index (χ2v) is 3.30. The fourth-order valence-electron chi connectivity index (χ4n) is 0.238. The molecule has 0 saturated heterocycles. The Labute approximate surface area is 75.0 Å². The summed E-state index contributed by atoms with van der Waals surface area (Å²) in [5.41, 5.74) is 5.60. The SMILES string of the molecule is C=C(N)CNC(C)=O.CC(C)C. The third kappa shape index (κ3) is 36.0. The van der Waals surface area contributed by atoms with Crippen LogP contribution in [0.4, 0.5) is 0 Å². The van der Waals surface area contributed by atoms with Crippen molar-refractivity contribution in [1.82, 2.24) is 5.32 Å². The normalized spacial score (nSPS) is 8.42. The molecule has 0 aromatic carbocycles. The number of hydrogen-bond acceptors (Lipinski definition) is 2. The Morgan fingerprint density at radius 2 is 1.83 bits per heavy atom. The number of nitrogens with one attached hydrogen (secondary N) is 1. The van der Waals surface area contributed by atoms with E-state index >= 15 is 0 Å². The summed E-state index contributed by atoms with van der Waals surface area (Å²) in [6.45, 7) is 11.7. The van der Waals surface area contributed by atoms with Crippen molar-refractivity contribution in [2.24, 2.45) is 11.7 Å². The molecule has 0 aromatic heterocycles. The summed E-state index contributed by atoms with van der Waals surface area (Å²) in [5, 5.41) is 2.48. The van der Waals surface area contributed by atoms with E-state index in [-0.39, 0.29) is 5.91 Å². The lowest BCUT2D eigenvalue weighted by Gasteiger charge is -1.97. The fourth-order valence-corrected chi connectivity index (χ4v) is 0.238. The monoisotopic (exact) mass is 172 g/mol. The Kier molecular flexibility index (Phi) is 9.18. The standard InChI is InChI=1S/C5H10N2O.C4H10/c1-4(6)3-7-5(2)8;1-4(2)3/h1,3,6H2,2H3,(H,7,8);4H,1-3H3. The Morgan fingerprint density at radius 3 is 1.92 bits per heavy atom. The molecule has 0 aliphatic carbocycles. The summed E-state index contributed by atoms with van der Waals surface area (Å²) in [4.78, 5) is 10.1. The van der Waals surface area contributed by atoms with E-state index in [2.05, 4.69) is 32.7 Å². The van der Waals surface area contributed by atoms with Crippen LogP contribution < -0.4 is 11.1 Å². The molecular weight excluding hydrogens is 152 g/mol. The van der Waals surface area contributed by atoms with Gasteiger partial charge in [0.05, 0.1) is 6.54 Å². The van der Waals surface area contributed by atoms with Gasteiger partial charge in [-0.2, -0.15) is 0 Å². The average Bonchev–Trinajstić information content (AvgIpc) is 1.82. The lowest BCUT2D eigenvalue weighted by atomic mass is 10.3. The van der Waals surface area contributed by atoms with E-state index in [0.717, 1.165) is 5.92 Å². The zero-order chi connectivity index (χ0) is 10.1. The molecule has 0 heterocycles. The zero-order valence-electron chi connectivity index (χ0n) is 8.48. The van der Waals surface area contributed by atoms with Crippen LogP contribution >= 0.6 is 0 Å². The molecule has 3 nitrogen and oxygen atoms in total. The van der Waals surface area contributed by atoms with Gasteiger partial charge in [0.25, 0.3) is 0 Å². The maximum atomic E-state index is 10.1. The fraction of sp³-hybridized carbons (Fsp3) is 0.667. The molecule has 0 spiro atoms. The Balaban J connectivity index is 0. The molecule has 72 valence electrons. The second kappa shape index (κ2) is 8.11. The molecule has 0 bridgehead atoms. The Bertz CT molecular complexity index is 125. The van der Waals surface area contributed by atoms with Gasteiger partial charge in [-0.25, -0.2) is 0 Å². The maximum Gasteiger partial charge on any atom is 0.217 e. The van der Waals surface area contributed by atoms with E-state index in [9.17, 15) is 4.79 Å². The predicted molar refractivity (Wildman–Crippen MR) is 52.5 cm³/mol. The molecule has 3 heteroatoms. The zero-order valence-corrected chi connectivity index (χ0v) is 8.48. The third-order valence-corrected chi connectivity index (χ3v) is 0.564. The molecule has 0 rings (SSSR count). The van der Waals surface area contributed by atoms with Gasteiger partial charge < -0.3 is 11.1 Å². The predicted octanol–water partition coefficient (Wildman–Crippen LogP) is 1.26. The minimum atomic E-state index is -0.0865. The minimum Gasteiger partial charge on any atom is -0.401 e. The smallest absolute Gasteiger partial charge is 0.217 e. The first kappa shape index (κ1) is 13.6. The largest absolute Gasteiger partial charge is 0.401 e. The van der Waals surface area contributed by atoms with Gasteiger partial charge in [-0.3, -0.25) is 4.79 Å². The van der Waals surface area contributed by atoms with Gasteiger partial charge in [-0.1, -0.05) is 27.4 Å². The van der Waals surface area contributed by atoms with Crippen LogP contribution in [-0.2, 0) is 4.79 Å². The van der Waals surface area contributed by atoms with Crippen LogP contribution in [0.2, 0.25) is 0 Å². The highest BCUT2D eigenvalue weighted by atomic mass is 16.1. The molecule has 0 saturated carbocycles. The molecule has 0 aliphatic rings. The van der Waals surface area contributed by atoms with Crippen LogP contribution in [0.15, 0.2) is 12.3 Å². The number of hydrogen-bond donors (Lipinski definition) is 2. The lowest BCUT2D eigenvalue weighted by Crippen LogP contribution is -2.24. The van der Waals surface area contributed by atoms with E-state index < -0.39 is 0 Å². The molecule has 0 aromatic rings. The number of carbonyl (C=O) groups excluding carboxylic acids is 1. The average molecular weight is 172 g/mol. The van der Waals surface area contributed by atoms with E-state index in [0.29, 0.717) is 12.2 Å². The molecule has 0 fully saturated rings. The van der Waals surface area contributed by atoms with Crippen LogP contribution in [0.25, 0.3) is 0 Å². The van der Waals surface area contributed by atoms with Gasteiger partial charge in [-0.15, -0.1) is 0 Å². The van der Waals surface area contributed by atoms with Gasteiger partial charge >= 0.3 is 0 Å². The van der Waals surface area contributed by atoms with Crippen molar-refractivity contribution >= 4 is 5.91 Å². The van der Waals surface area contributed by atoms with E-state index in [1.807, 2.05) is 0 Å². The number of carbonyl (C=O) groups is 1. The summed E-state index contributed by atoms with van der Waals surface area (Å²) in [7, 11) is 0. The van der Waals surface area contributed by atoms with Crippen molar-refractivity contribution in [3.05, 3.63) is 12.3 Å². The lowest BCUT2D eigenvalue weighted by molar-refractivity contribution is -0.118. The topological polar surface area (TPSA) is 55.1 Å². The van der Waals surface area contributed by atoms with Crippen LogP contribution in [-0.4, -0.2) is 12.5 Å². The van der Waals surface area contributed by atoms with Gasteiger partial charge in [0, 0.05) is 12.6 Å². The van der Waals surface area contributed by atoms with Crippen LogP contribution in [0.1, 0.15) is 27.7 Å². The van der Waals surface area contributed by atoms with E-state index in [1.54, 1.807) is 0 Å². The Hall–Kier alpha value is -0.990. The first-order valence-corrected chi connectivity index (χ1v) is 4.04. The van der Waals surface area contributed by atoms with Crippen LogP contribution in [0.5, 0.6) is 0 Å². The van der Waals surface area contributed by atoms with Crippen molar-refractivity contribution in [3.63, 3.8) is 0 Å². The highest BCUT2D eigenvalue weighted by molar-refractivity contribution is 5.73. The third-order valence-electron chi connectivity index (χ3n) is 0.564. The summed E-state index contributed by atoms with van der Waals surface area (Å²) in [5.74, 6) is 0.747. The van der Waals surface area contributed by atoms with Crippen LogP contribution in [0, 0.1) is 5.92 Å². The highest BCUT2D eigenvalue weighted by Gasteiger charge is 1.87. The summed E-state index contributed by atoms with van der Waals surface area (Å²) >= 11 is 0. The summed E-state index contributed by atoms with van der Waals surface area (Å²) < 4.78 is 0. The molecule has 3 N–H and O–H groups in total. The van der Waals surface area contributed by atoms with Crippen molar-refractivity contribution in [1.29, 1.82) is 0 Å². The van der Waals surface area contributed by atoms with Crippen molar-refractivity contribution in [2.75, 3.05) is 6.54 Å². The van der Waals surface area contributed by atoms with Crippen molar-refractivity contribution < 1.29 is 4.79 Å². The van der Waals surface area contributed by atoms with Gasteiger partial charge in [0.1, 0.15) is 0 Å². The van der Waals surface area contributed by atoms with Gasteiger partial charge in [0.2, 0.25) is 5.91 Å². The van der Waals surface area contributed by atoms with Crippen molar-refractivity contribution in [2.45, 2.75) is 27.7 Å².